The summed E-state index contributed by atoms with van der Waals surface area (Å²) in [6.07, 6.45) is 10.1. The molecule has 4 aliphatic rings. The highest BCUT2D eigenvalue weighted by atomic mass is 16.5. The van der Waals surface area contributed by atoms with Gasteiger partial charge in [0, 0.05) is 44.3 Å². The Morgan fingerprint density at radius 1 is 1.03 bits per heavy atom. The van der Waals surface area contributed by atoms with Crippen molar-refractivity contribution < 1.29 is 14.3 Å². The Labute approximate surface area is 174 Å². The molecule has 0 radical (unpaired) electrons. The van der Waals surface area contributed by atoms with Crippen LogP contribution in [-0.4, -0.2) is 43.3 Å². The monoisotopic (exact) mass is 398 g/mol. The van der Waals surface area contributed by atoms with Crippen molar-refractivity contribution in [2.75, 3.05) is 31.6 Å². The molecule has 2 saturated heterocycles. The van der Waals surface area contributed by atoms with Gasteiger partial charge in [-0.3, -0.25) is 4.79 Å². The molecule has 158 valence electrons. The smallest absolute Gasteiger partial charge is 0.228 e. The molecule has 0 aromatic heterocycles. The summed E-state index contributed by atoms with van der Waals surface area (Å²) in [4.78, 5) is 15.0. The van der Waals surface area contributed by atoms with Gasteiger partial charge >= 0.3 is 0 Å². The SMILES string of the molecule is O=C(C1CCOCC1)N1CCC[C@@H]1Oc1ccc2c(c1)CCC(C1CCC1)CN2. The molecule has 1 N–H and O–H groups in total. The van der Waals surface area contributed by atoms with E-state index < -0.39 is 0 Å². The third-order valence-corrected chi connectivity index (χ3v) is 7.56. The number of hydrogen-bond acceptors (Lipinski definition) is 4. The van der Waals surface area contributed by atoms with Crippen molar-refractivity contribution in [2.45, 2.75) is 64.0 Å². The zero-order valence-corrected chi connectivity index (χ0v) is 17.4. The molecule has 2 atom stereocenters. The van der Waals surface area contributed by atoms with Crippen LogP contribution < -0.4 is 10.1 Å². The van der Waals surface area contributed by atoms with E-state index in [4.69, 9.17) is 9.47 Å². The molecular weight excluding hydrogens is 364 g/mol. The average molecular weight is 399 g/mol. The number of nitrogens with zero attached hydrogens (tertiary/aromatic N) is 1. The van der Waals surface area contributed by atoms with Gasteiger partial charge in [-0.25, -0.2) is 0 Å². The lowest BCUT2D eigenvalue weighted by molar-refractivity contribution is -0.144. The van der Waals surface area contributed by atoms with Gasteiger partial charge in [0.2, 0.25) is 5.91 Å². The third kappa shape index (κ3) is 4.11. The second kappa shape index (κ2) is 8.55. The van der Waals surface area contributed by atoms with E-state index in [2.05, 4.69) is 23.5 Å². The number of likely N-dealkylation sites (tertiary alicyclic amines) is 1. The second-order valence-corrected chi connectivity index (χ2v) is 9.32. The summed E-state index contributed by atoms with van der Waals surface area (Å²) in [5.41, 5.74) is 2.63. The first-order chi connectivity index (χ1) is 14.3. The fourth-order valence-corrected chi connectivity index (χ4v) is 5.47. The van der Waals surface area contributed by atoms with Gasteiger partial charge < -0.3 is 19.7 Å². The fourth-order valence-electron chi connectivity index (χ4n) is 5.47. The molecule has 3 heterocycles. The van der Waals surface area contributed by atoms with Crippen LogP contribution in [0.3, 0.4) is 0 Å². The minimum Gasteiger partial charge on any atom is -0.470 e. The molecule has 1 aromatic carbocycles. The summed E-state index contributed by atoms with van der Waals surface area (Å²) in [6, 6.07) is 6.46. The first-order valence-corrected chi connectivity index (χ1v) is 11.7. The number of aryl methyl sites for hydroxylation is 1. The zero-order valence-electron chi connectivity index (χ0n) is 17.4. The Balaban J connectivity index is 1.23. The second-order valence-electron chi connectivity index (χ2n) is 9.32. The van der Waals surface area contributed by atoms with Crippen molar-refractivity contribution in [2.24, 2.45) is 17.8 Å². The largest absolute Gasteiger partial charge is 0.470 e. The summed E-state index contributed by atoms with van der Waals surface area (Å²) in [5, 5.41) is 3.68. The van der Waals surface area contributed by atoms with E-state index in [0.29, 0.717) is 13.2 Å². The van der Waals surface area contributed by atoms with E-state index in [1.807, 2.05) is 4.90 Å². The summed E-state index contributed by atoms with van der Waals surface area (Å²) in [5.74, 6) is 3.01. The Hall–Kier alpha value is -1.75. The van der Waals surface area contributed by atoms with Gasteiger partial charge in [0.1, 0.15) is 5.75 Å². The summed E-state index contributed by atoms with van der Waals surface area (Å²) >= 11 is 0. The Kier molecular flexibility index (Phi) is 5.67. The van der Waals surface area contributed by atoms with Gasteiger partial charge in [0.05, 0.1) is 0 Å². The predicted molar refractivity (Wildman–Crippen MR) is 113 cm³/mol. The van der Waals surface area contributed by atoms with E-state index in [1.54, 1.807) is 0 Å². The maximum absolute atomic E-state index is 13.0. The van der Waals surface area contributed by atoms with Crippen LogP contribution in [0.4, 0.5) is 5.69 Å². The number of rotatable bonds is 4. The van der Waals surface area contributed by atoms with Crippen molar-refractivity contribution in [3.05, 3.63) is 23.8 Å². The standard InChI is InChI=1S/C24H34N2O3/c27-24(18-10-13-28-14-11-18)26-12-2-5-23(26)29-21-8-9-22-19(15-21)6-7-20(16-25-22)17-3-1-4-17/h8-9,15,17-18,20,23,25H,1-7,10-14,16H2/t20?,23-/m0/s1. The Bertz CT molecular complexity index is 727. The van der Waals surface area contributed by atoms with Crippen LogP contribution in [0.25, 0.3) is 0 Å². The molecule has 5 heteroatoms. The van der Waals surface area contributed by atoms with Crippen LogP contribution in [0.1, 0.15) is 56.9 Å². The lowest BCUT2D eigenvalue weighted by Crippen LogP contribution is -2.43. The number of fused-ring (bicyclic) bond motifs is 1. The number of carbonyl (C=O) groups is 1. The van der Waals surface area contributed by atoms with Crippen molar-refractivity contribution in [1.82, 2.24) is 4.90 Å². The highest BCUT2D eigenvalue weighted by Crippen LogP contribution is 2.38. The number of benzene rings is 1. The normalized spacial score (nSPS) is 28.2. The van der Waals surface area contributed by atoms with Gasteiger partial charge in [0.25, 0.3) is 0 Å². The number of nitrogens with one attached hydrogen (secondary N) is 1. The maximum atomic E-state index is 13.0. The lowest BCUT2D eigenvalue weighted by Gasteiger charge is -2.33. The molecule has 0 bridgehead atoms. The van der Waals surface area contributed by atoms with E-state index >= 15 is 0 Å². The van der Waals surface area contributed by atoms with Gasteiger partial charge in [-0.2, -0.15) is 0 Å². The summed E-state index contributed by atoms with van der Waals surface area (Å²) < 4.78 is 11.8. The van der Waals surface area contributed by atoms with Crippen LogP contribution in [0.5, 0.6) is 5.75 Å². The van der Waals surface area contributed by atoms with Gasteiger partial charge in [0.15, 0.2) is 6.23 Å². The molecular formula is C24H34N2O3. The first kappa shape index (κ1) is 19.2. The lowest BCUT2D eigenvalue weighted by atomic mass is 9.74. The molecule has 29 heavy (non-hydrogen) atoms. The molecule has 1 aromatic rings. The molecule has 0 spiro atoms. The molecule has 5 rings (SSSR count). The van der Waals surface area contributed by atoms with Gasteiger partial charge in [-0.15, -0.1) is 0 Å². The van der Waals surface area contributed by atoms with Crippen LogP contribution in [0.15, 0.2) is 18.2 Å². The molecule has 3 fully saturated rings. The van der Waals surface area contributed by atoms with E-state index in [1.165, 1.54) is 36.9 Å². The molecule has 1 saturated carbocycles. The van der Waals surface area contributed by atoms with Crippen LogP contribution >= 0.6 is 0 Å². The van der Waals surface area contributed by atoms with E-state index in [9.17, 15) is 4.79 Å². The zero-order chi connectivity index (χ0) is 19.6. The topological polar surface area (TPSA) is 50.8 Å². The molecule has 1 aliphatic carbocycles. The number of anilines is 1. The highest BCUT2D eigenvalue weighted by molar-refractivity contribution is 5.79. The van der Waals surface area contributed by atoms with Crippen molar-refractivity contribution >= 4 is 11.6 Å². The number of carbonyl (C=O) groups excluding carboxylic acids is 1. The molecule has 1 unspecified atom stereocenters. The van der Waals surface area contributed by atoms with Crippen molar-refractivity contribution in [3.8, 4) is 5.75 Å². The predicted octanol–water partition coefficient (Wildman–Crippen LogP) is 4.21. The Morgan fingerprint density at radius 2 is 1.90 bits per heavy atom. The number of hydrogen-bond donors (Lipinski definition) is 1. The Morgan fingerprint density at radius 3 is 2.69 bits per heavy atom. The van der Waals surface area contributed by atoms with Crippen molar-refractivity contribution in [3.63, 3.8) is 0 Å². The summed E-state index contributed by atoms with van der Waals surface area (Å²) in [6.45, 7) is 3.33. The quantitative estimate of drug-likeness (QED) is 0.825. The minimum atomic E-state index is -0.121. The first-order valence-electron chi connectivity index (χ1n) is 11.7. The van der Waals surface area contributed by atoms with Crippen LogP contribution in [0.2, 0.25) is 0 Å². The number of ether oxygens (including phenoxy) is 2. The van der Waals surface area contributed by atoms with Crippen LogP contribution in [-0.2, 0) is 16.0 Å². The van der Waals surface area contributed by atoms with Crippen molar-refractivity contribution in [1.29, 1.82) is 0 Å². The van der Waals surface area contributed by atoms with E-state index in [-0.39, 0.29) is 18.1 Å². The van der Waals surface area contributed by atoms with Crippen LogP contribution in [0, 0.1) is 17.8 Å². The van der Waals surface area contributed by atoms with Gasteiger partial charge in [-0.1, -0.05) is 19.3 Å². The minimum absolute atomic E-state index is 0.104. The molecule has 5 nitrogen and oxygen atoms in total. The number of amides is 1. The average Bonchev–Trinajstić information content (AvgIpc) is 3.07. The highest BCUT2D eigenvalue weighted by Gasteiger charge is 2.35. The van der Waals surface area contributed by atoms with Gasteiger partial charge in [-0.05, 0) is 67.7 Å². The third-order valence-electron chi connectivity index (χ3n) is 7.56. The maximum Gasteiger partial charge on any atom is 0.228 e. The van der Waals surface area contributed by atoms with E-state index in [0.717, 1.165) is 62.8 Å². The summed E-state index contributed by atoms with van der Waals surface area (Å²) in [7, 11) is 0. The molecule has 3 aliphatic heterocycles. The fraction of sp³-hybridized carbons (Fsp3) is 0.708. The molecule has 1 amide bonds.